The topological polar surface area (TPSA) is 47.9 Å². The van der Waals surface area contributed by atoms with E-state index in [0.29, 0.717) is 17.9 Å². The lowest BCUT2D eigenvalue weighted by Crippen LogP contribution is -2.08. The molecule has 0 N–H and O–H groups in total. The summed E-state index contributed by atoms with van der Waals surface area (Å²) in [5, 5.41) is 0. The lowest BCUT2D eigenvalue weighted by Gasteiger charge is -2.08. The molecule has 0 bridgehead atoms. The fourth-order valence-electron chi connectivity index (χ4n) is 2.90. The molecule has 0 aliphatic carbocycles. The minimum absolute atomic E-state index is 0.394. The standard InChI is InChI=1S/C26H26INO3/c1-2-3-4-5-17-30-24-15-11-21(12-16-24)26(29)31-25-13-9-20(10-14-25)19-28-23-8-6-7-22(27)18-23/h6-16,18-19H,2-5,17H2,1H3. The molecule has 0 aromatic heterocycles. The highest BCUT2D eigenvalue weighted by atomic mass is 127. The second-order valence-corrected chi connectivity index (χ2v) is 8.38. The van der Waals surface area contributed by atoms with Crippen LogP contribution >= 0.6 is 22.6 Å². The van der Waals surface area contributed by atoms with Crippen LogP contribution in [0.4, 0.5) is 5.69 Å². The van der Waals surface area contributed by atoms with Gasteiger partial charge in [0.1, 0.15) is 11.5 Å². The van der Waals surface area contributed by atoms with Gasteiger partial charge in [-0.05, 0) is 101 Å². The number of halogens is 1. The van der Waals surface area contributed by atoms with Gasteiger partial charge in [-0.1, -0.05) is 32.3 Å². The Morgan fingerprint density at radius 2 is 1.68 bits per heavy atom. The molecule has 3 aromatic carbocycles. The summed E-state index contributed by atoms with van der Waals surface area (Å²) < 4.78 is 12.3. The van der Waals surface area contributed by atoms with Gasteiger partial charge in [-0.3, -0.25) is 4.99 Å². The molecule has 0 radical (unpaired) electrons. The highest BCUT2D eigenvalue weighted by Crippen LogP contribution is 2.18. The lowest BCUT2D eigenvalue weighted by molar-refractivity contribution is 0.0734. The molecule has 0 saturated carbocycles. The van der Waals surface area contributed by atoms with Crippen molar-refractivity contribution >= 4 is 40.5 Å². The van der Waals surface area contributed by atoms with Crippen LogP contribution in [0.2, 0.25) is 0 Å². The molecule has 5 heteroatoms. The number of hydrogen-bond donors (Lipinski definition) is 0. The van der Waals surface area contributed by atoms with E-state index >= 15 is 0 Å². The van der Waals surface area contributed by atoms with Crippen molar-refractivity contribution < 1.29 is 14.3 Å². The van der Waals surface area contributed by atoms with Crippen molar-refractivity contribution in [3.63, 3.8) is 0 Å². The molecule has 3 aromatic rings. The van der Waals surface area contributed by atoms with Gasteiger partial charge in [0.25, 0.3) is 0 Å². The summed E-state index contributed by atoms with van der Waals surface area (Å²) in [4.78, 5) is 16.9. The third kappa shape index (κ3) is 7.83. The van der Waals surface area contributed by atoms with Gasteiger partial charge in [-0.15, -0.1) is 0 Å². The number of carbonyl (C=O) groups excluding carboxylic acids is 1. The van der Waals surface area contributed by atoms with E-state index in [-0.39, 0.29) is 0 Å². The maximum Gasteiger partial charge on any atom is 0.343 e. The number of hydrogen-bond acceptors (Lipinski definition) is 4. The summed E-state index contributed by atoms with van der Waals surface area (Å²) in [7, 11) is 0. The van der Waals surface area contributed by atoms with Crippen LogP contribution in [-0.4, -0.2) is 18.8 Å². The van der Waals surface area contributed by atoms with Gasteiger partial charge < -0.3 is 9.47 Å². The first-order valence-electron chi connectivity index (χ1n) is 10.5. The molecule has 0 fully saturated rings. The number of nitrogens with zero attached hydrogens (tertiary/aromatic N) is 1. The van der Waals surface area contributed by atoms with Crippen LogP contribution in [0.15, 0.2) is 77.8 Å². The van der Waals surface area contributed by atoms with E-state index in [1.165, 1.54) is 19.3 Å². The van der Waals surface area contributed by atoms with Gasteiger partial charge in [0, 0.05) is 9.78 Å². The fraction of sp³-hybridized carbons (Fsp3) is 0.231. The first kappa shape index (κ1) is 23.0. The summed E-state index contributed by atoms with van der Waals surface area (Å²) in [6, 6.07) is 22.3. The second-order valence-electron chi connectivity index (χ2n) is 7.13. The van der Waals surface area contributed by atoms with E-state index in [1.807, 2.05) is 36.4 Å². The highest BCUT2D eigenvalue weighted by molar-refractivity contribution is 14.1. The predicted molar refractivity (Wildman–Crippen MR) is 134 cm³/mol. The molecule has 3 rings (SSSR count). The molecule has 0 heterocycles. The summed E-state index contributed by atoms with van der Waals surface area (Å²) in [6.07, 6.45) is 6.45. The van der Waals surface area contributed by atoms with Crippen molar-refractivity contribution in [3.05, 3.63) is 87.5 Å². The molecule has 160 valence electrons. The smallest absolute Gasteiger partial charge is 0.343 e. The zero-order valence-electron chi connectivity index (χ0n) is 17.6. The predicted octanol–water partition coefficient (Wildman–Crippen LogP) is 7.22. The quantitative estimate of drug-likeness (QED) is 0.0920. The minimum atomic E-state index is -0.394. The molecule has 0 aliphatic rings. The van der Waals surface area contributed by atoms with Gasteiger partial charge in [0.05, 0.1) is 17.9 Å². The number of carbonyl (C=O) groups is 1. The van der Waals surface area contributed by atoms with Crippen LogP contribution in [0.1, 0.15) is 48.5 Å². The zero-order chi connectivity index (χ0) is 21.9. The number of ether oxygens (including phenoxy) is 2. The Hall–Kier alpha value is -2.67. The molecule has 0 unspecified atom stereocenters. The van der Waals surface area contributed by atoms with Gasteiger partial charge >= 0.3 is 5.97 Å². The third-order valence-electron chi connectivity index (χ3n) is 4.62. The van der Waals surface area contributed by atoms with E-state index < -0.39 is 5.97 Å². The van der Waals surface area contributed by atoms with Crippen LogP contribution in [0.3, 0.4) is 0 Å². The fourth-order valence-corrected chi connectivity index (χ4v) is 3.43. The van der Waals surface area contributed by atoms with Crippen LogP contribution in [0.25, 0.3) is 0 Å². The van der Waals surface area contributed by atoms with Crippen molar-refractivity contribution in [2.24, 2.45) is 4.99 Å². The Balaban J connectivity index is 1.51. The Morgan fingerprint density at radius 3 is 2.39 bits per heavy atom. The lowest BCUT2D eigenvalue weighted by atomic mass is 10.2. The van der Waals surface area contributed by atoms with Gasteiger partial charge in [-0.25, -0.2) is 4.79 Å². The molecule has 0 atom stereocenters. The molecule has 0 spiro atoms. The van der Waals surface area contributed by atoms with E-state index in [2.05, 4.69) is 34.5 Å². The van der Waals surface area contributed by atoms with E-state index in [0.717, 1.165) is 27.0 Å². The van der Waals surface area contributed by atoms with Crippen molar-refractivity contribution in [1.29, 1.82) is 0 Å². The molecule has 4 nitrogen and oxygen atoms in total. The van der Waals surface area contributed by atoms with Crippen LogP contribution in [0, 0.1) is 3.57 Å². The molecule has 0 aliphatic heterocycles. The van der Waals surface area contributed by atoms with Crippen molar-refractivity contribution in [2.75, 3.05) is 6.61 Å². The maximum atomic E-state index is 12.4. The highest BCUT2D eigenvalue weighted by Gasteiger charge is 2.09. The monoisotopic (exact) mass is 527 g/mol. The SMILES string of the molecule is CCCCCCOc1ccc(C(=O)Oc2ccc(C=Nc3cccc(I)c3)cc2)cc1. The molecule has 0 saturated heterocycles. The summed E-state index contributed by atoms with van der Waals surface area (Å²) in [5.41, 5.74) is 2.32. The molecular weight excluding hydrogens is 501 g/mol. The van der Waals surface area contributed by atoms with Crippen molar-refractivity contribution in [3.8, 4) is 11.5 Å². The third-order valence-corrected chi connectivity index (χ3v) is 5.29. The minimum Gasteiger partial charge on any atom is -0.494 e. The average Bonchev–Trinajstić information content (AvgIpc) is 2.79. The van der Waals surface area contributed by atoms with Crippen LogP contribution in [0.5, 0.6) is 11.5 Å². The summed E-state index contributed by atoms with van der Waals surface area (Å²) in [6.45, 7) is 2.89. The van der Waals surface area contributed by atoms with Crippen molar-refractivity contribution in [1.82, 2.24) is 0 Å². The first-order valence-corrected chi connectivity index (χ1v) is 11.6. The number of esters is 1. The van der Waals surface area contributed by atoms with Gasteiger partial charge in [0.2, 0.25) is 0 Å². The Labute approximate surface area is 197 Å². The number of aliphatic imine (C=N–C) groups is 1. The maximum absolute atomic E-state index is 12.4. The Bertz CT molecular complexity index is 998. The van der Waals surface area contributed by atoms with E-state index in [9.17, 15) is 4.79 Å². The second kappa shape index (κ2) is 12.2. The van der Waals surface area contributed by atoms with E-state index in [4.69, 9.17) is 9.47 Å². The Kier molecular flexibility index (Phi) is 9.09. The van der Waals surface area contributed by atoms with Crippen LogP contribution in [-0.2, 0) is 0 Å². The number of unbranched alkanes of at least 4 members (excludes halogenated alkanes) is 3. The Morgan fingerprint density at radius 1 is 0.935 bits per heavy atom. The van der Waals surface area contributed by atoms with E-state index in [1.54, 1.807) is 42.6 Å². The first-order chi connectivity index (χ1) is 15.1. The van der Waals surface area contributed by atoms with Gasteiger partial charge in [-0.2, -0.15) is 0 Å². The molecule has 0 amide bonds. The largest absolute Gasteiger partial charge is 0.494 e. The van der Waals surface area contributed by atoms with Crippen LogP contribution < -0.4 is 9.47 Å². The summed E-state index contributed by atoms with van der Waals surface area (Å²) in [5.74, 6) is 0.868. The zero-order valence-corrected chi connectivity index (χ0v) is 19.7. The average molecular weight is 527 g/mol. The van der Waals surface area contributed by atoms with Crippen molar-refractivity contribution in [2.45, 2.75) is 32.6 Å². The van der Waals surface area contributed by atoms with Gasteiger partial charge in [0.15, 0.2) is 0 Å². The molecule has 31 heavy (non-hydrogen) atoms. The normalized spacial score (nSPS) is 10.9. The number of rotatable bonds is 10. The summed E-state index contributed by atoms with van der Waals surface area (Å²) >= 11 is 2.26. The number of benzene rings is 3. The molecular formula is C26H26INO3.